The van der Waals surface area contributed by atoms with Crippen LogP contribution in [-0.2, 0) is 19.2 Å². The number of nitrogens with one attached hydrogen (secondary N) is 2. The minimum absolute atomic E-state index is 0.166. The van der Waals surface area contributed by atoms with Gasteiger partial charge < -0.3 is 10.6 Å². The van der Waals surface area contributed by atoms with E-state index in [0.717, 1.165) is 20.6 Å². The summed E-state index contributed by atoms with van der Waals surface area (Å²) >= 11 is 0. The van der Waals surface area contributed by atoms with Gasteiger partial charge in [-0.1, -0.05) is 24.3 Å². The summed E-state index contributed by atoms with van der Waals surface area (Å²) in [6.45, 7) is 0. The molecule has 4 aromatic rings. The molecule has 10 nitrogen and oxygen atoms in total. The summed E-state index contributed by atoms with van der Waals surface area (Å²) in [5.74, 6) is -2.00. The Bertz CT molecular complexity index is 1630. The maximum Gasteiger partial charge on any atom is 0.255 e. The van der Waals surface area contributed by atoms with E-state index in [9.17, 15) is 28.8 Å². The van der Waals surface area contributed by atoms with Crippen molar-refractivity contribution in [1.29, 1.82) is 0 Å². The summed E-state index contributed by atoms with van der Waals surface area (Å²) in [6, 6.07) is 23.3. The van der Waals surface area contributed by atoms with Gasteiger partial charge in [0.15, 0.2) is 0 Å². The number of carbonyl (C=O) groups is 6. The molecule has 208 valence electrons. The standard InChI is InChI=1S/C32H24N4O6/c37-27-13-14-28(38)35(27)23-9-5-19(6-10-23)31(41)33-25-17-21-3-1-2-4-22(21)18-26(25)34-32(42)20-7-11-24(12-8-20)36-29(39)15-16-30(36)40/h1-12,17-18H,13-16H2,(H,33,41)(H,34,42). The third-order valence-corrected chi connectivity index (χ3v) is 7.26. The van der Waals surface area contributed by atoms with Crippen LogP contribution in [0.4, 0.5) is 22.7 Å². The first-order chi connectivity index (χ1) is 20.3. The van der Waals surface area contributed by atoms with Gasteiger partial charge in [0.2, 0.25) is 23.6 Å². The van der Waals surface area contributed by atoms with Gasteiger partial charge in [0.05, 0.1) is 22.7 Å². The van der Waals surface area contributed by atoms with Crippen molar-refractivity contribution < 1.29 is 28.8 Å². The normalized spacial score (nSPS) is 15.0. The lowest BCUT2D eigenvalue weighted by molar-refractivity contribution is -0.122. The van der Waals surface area contributed by atoms with E-state index in [1.165, 1.54) is 24.3 Å². The molecule has 6 amide bonds. The second-order valence-corrected chi connectivity index (χ2v) is 9.99. The van der Waals surface area contributed by atoms with E-state index in [0.29, 0.717) is 33.9 Å². The fraction of sp³-hybridized carbons (Fsp3) is 0.125. The van der Waals surface area contributed by atoms with Gasteiger partial charge in [-0.05, 0) is 71.4 Å². The number of amides is 6. The minimum atomic E-state index is -0.448. The second-order valence-electron chi connectivity index (χ2n) is 9.99. The van der Waals surface area contributed by atoms with Crippen molar-refractivity contribution in [3.05, 3.63) is 96.1 Å². The predicted octanol–water partition coefficient (Wildman–Crippen LogP) is 4.65. The molecule has 0 unspecified atom stereocenters. The maximum absolute atomic E-state index is 13.2. The number of carbonyl (C=O) groups excluding carboxylic acids is 6. The van der Waals surface area contributed by atoms with E-state index in [1.807, 2.05) is 24.3 Å². The fourth-order valence-corrected chi connectivity index (χ4v) is 5.09. The number of fused-ring (bicyclic) bond motifs is 1. The summed E-state index contributed by atoms with van der Waals surface area (Å²) in [5.41, 5.74) is 2.14. The molecule has 42 heavy (non-hydrogen) atoms. The van der Waals surface area contributed by atoms with Crippen molar-refractivity contribution in [2.75, 3.05) is 20.4 Å². The molecule has 2 aliphatic rings. The molecule has 2 aliphatic heterocycles. The average Bonchev–Trinajstić information content (AvgIpc) is 3.52. The summed E-state index contributed by atoms with van der Waals surface area (Å²) in [7, 11) is 0. The molecule has 10 heteroatoms. The van der Waals surface area contributed by atoms with Crippen molar-refractivity contribution in [3.63, 3.8) is 0 Å². The van der Waals surface area contributed by atoms with Crippen LogP contribution in [0.5, 0.6) is 0 Å². The predicted molar refractivity (Wildman–Crippen MR) is 156 cm³/mol. The lowest BCUT2D eigenvalue weighted by Gasteiger charge is -2.16. The molecule has 2 fully saturated rings. The Morgan fingerprint density at radius 2 is 0.833 bits per heavy atom. The molecule has 0 radical (unpaired) electrons. The van der Waals surface area contributed by atoms with Crippen LogP contribution >= 0.6 is 0 Å². The Hall–Kier alpha value is -5.64. The summed E-state index contributed by atoms with van der Waals surface area (Å²) in [6.07, 6.45) is 0.665. The second kappa shape index (κ2) is 10.7. The molecular weight excluding hydrogens is 536 g/mol. The lowest BCUT2D eigenvalue weighted by Crippen LogP contribution is -2.28. The summed E-state index contributed by atoms with van der Waals surface area (Å²) < 4.78 is 0. The summed E-state index contributed by atoms with van der Waals surface area (Å²) in [4.78, 5) is 76.8. The minimum Gasteiger partial charge on any atom is -0.320 e. The van der Waals surface area contributed by atoms with Crippen LogP contribution in [-0.4, -0.2) is 35.4 Å². The Kier molecular flexibility index (Phi) is 6.79. The van der Waals surface area contributed by atoms with E-state index in [4.69, 9.17) is 0 Å². The van der Waals surface area contributed by atoms with Crippen molar-refractivity contribution >= 4 is 69.0 Å². The van der Waals surface area contributed by atoms with Gasteiger partial charge >= 0.3 is 0 Å². The Balaban J connectivity index is 1.23. The molecule has 6 rings (SSSR count). The molecule has 0 spiro atoms. The van der Waals surface area contributed by atoms with Crippen LogP contribution in [0, 0.1) is 0 Å². The van der Waals surface area contributed by atoms with Crippen LogP contribution in [0.25, 0.3) is 10.8 Å². The third-order valence-electron chi connectivity index (χ3n) is 7.26. The zero-order valence-corrected chi connectivity index (χ0v) is 22.3. The van der Waals surface area contributed by atoms with E-state index >= 15 is 0 Å². The van der Waals surface area contributed by atoms with Crippen LogP contribution < -0.4 is 20.4 Å². The van der Waals surface area contributed by atoms with Gasteiger partial charge in [0.1, 0.15) is 0 Å². The number of imide groups is 2. The van der Waals surface area contributed by atoms with Crippen molar-refractivity contribution in [1.82, 2.24) is 0 Å². The number of rotatable bonds is 6. The number of hydrogen-bond donors (Lipinski definition) is 2. The molecule has 0 saturated carbocycles. The largest absolute Gasteiger partial charge is 0.320 e. The molecule has 2 heterocycles. The van der Waals surface area contributed by atoms with Crippen molar-refractivity contribution in [2.24, 2.45) is 0 Å². The molecule has 0 aliphatic carbocycles. The maximum atomic E-state index is 13.2. The summed E-state index contributed by atoms with van der Waals surface area (Å²) in [5, 5.41) is 7.40. The lowest BCUT2D eigenvalue weighted by atomic mass is 10.1. The highest BCUT2D eigenvalue weighted by Gasteiger charge is 2.31. The number of benzene rings is 4. The Morgan fingerprint density at radius 1 is 0.500 bits per heavy atom. The molecular formula is C32H24N4O6. The zero-order chi connectivity index (χ0) is 29.4. The molecule has 4 aromatic carbocycles. The quantitative estimate of drug-likeness (QED) is 0.330. The van der Waals surface area contributed by atoms with Crippen LogP contribution in [0.15, 0.2) is 84.9 Å². The highest BCUT2D eigenvalue weighted by atomic mass is 16.2. The molecule has 0 aromatic heterocycles. The van der Waals surface area contributed by atoms with Crippen LogP contribution in [0.2, 0.25) is 0 Å². The van der Waals surface area contributed by atoms with E-state index in [-0.39, 0.29) is 49.3 Å². The third kappa shape index (κ3) is 5.01. The first-order valence-corrected chi connectivity index (χ1v) is 13.4. The first-order valence-electron chi connectivity index (χ1n) is 13.4. The van der Waals surface area contributed by atoms with E-state index < -0.39 is 11.8 Å². The average molecular weight is 561 g/mol. The molecule has 2 saturated heterocycles. The first kappa shape index (κ1) is 26.6. The Morgan fingerprint density at radius 3 is 1.17 bits per heavy atom. The highest BCUT2D eigenvalue weighted by molar-refractivity contribution is 6.21. The van der Waals surface area contributed by atoms with Gasteiger partial charge in [0.25, 0.3) is 11.8 Å². The van der Waals surface area contributed by atoms with E-state index in [1.54, 1.807) is 36.4 Å². The highest BCUT2D eigenvalue weighted by Crippen LogP contribution is 2.31. The van der Waals surface area contributed by atoms with Crippen LogP contribution in [0.3, 0.4) is 0 Å². The van der Waals surface area contributed by atoms with Crippen molar-refractivity contribution in [3.8, 4) is 0 Å². The van der Waals surface area contributed by atoms with Gasteiger partial charge in [-0.2, -0.15) is 0 Å². The number of hydrogen-bond acceptors (Lipinski definition) is 6. The molecule has 0 atom stereocenters. The van der Waals surface area contributed by atoms with Gasteiger partial charge in [-0.25, -0.2) is 0 Å². The fourth-order valence-electron chi connectivity index (χ4n) is 5.09. The number of anilines is 4. The van der Waals surface area contributed by atoms with Gasteiger partial charge in [-0.15, -0.1) is 0 Å². The zero-order valence-electron chi connectivity index (χ0n) is 22.3. The molecule has 0 bridgehead atoms. The topological polar surface area (TPSA) is 133 Å². The van der Waals surface area contributed by atoms with Crippen LogP contribution in [0.1, 0.15) is 46.4 Å². The number of nitrogens with zero attached hydrogens (tertiary/aromatic N) is 2. The van der Waals surface area contributed by atoms with Gasteiger partial charge in [0, 0.05) is 36.8 Å². The Labute approximate surface area is 239 Å². The molecule has 2 N–H and O–H groups in total. The van der Waals surface area contributed by atoms with Gasteiger partial charge in [-0.3, -0.25) is 38.6 Å². The van der Waals surface area contributed by atoms with E-state index in [2.05, 4.69) is 10.6 Å². The smallest absolute Gasteiger partial charge is 0.255 e. The monoisotopic (exact) mass is 560 g/mol. The SMILES string of the molecule is O=C(Nc1cc2ccccc2cc1NC(=O)c1ccc(N2C(=O)CCC2=O)cc1)c1ccc(N2C(=O)CCC2=O)cc1. The van der Waals surface area contributed by atoms with Crippen molar-refractivity contribution in [2.45, 2.75) is 25.7 Å².